The summed E-state index contributed by atoms with van der Waals surface area (Å²) in [5.41, 5.74) is 0.541. The van der Waals surface area contributed by atoms with E-state index in [9.17, 15) is 22.8 Å². The van der Waals surface area contributed by atoms with Crippen molar-refractivity contribution < 1.29 is 27.5 Å². The van der Waals surface area contributed by atoms with Crippen LogP contribution in [0.15, 0.2) is 48.5 Å². The van der Waals surface area contributed by atoms with Crippen LogP contribution in [0.5, 0.6) is 5.75 Å². The van der Waals surface area contributed by atoms with Crippen LogP contribution < -0.4 is 14.5 Å². The molecule has 0 atom stereocenters. The lowest BCUT2D eigenvalue weighted by Crippen LogP contribution is -2.51. The molecule has 0 bridgehead atoms. The summed E-state index contributed by atoms with van der Waals surface area (Å²) in [4.78, 5) is 32.2. The van der Waals surface area contributed by atoms with Gasteiger partial charge in [0.2, 0.25) is 5.91 Å². The number of anilines is 2. The number of alkyl halides is 3. The first-order valence-corrected chi connectivity index (χ1v) is 10.7. The minimum Gasteiger partial charge on any atom is -0.497 e. The number of ether oxygens (including phenoxy) is 1. The van der Waals surface area contributed by atoms with Gasteiger partial charge in [0.25, 0.3) is 0 Å². The molecule has 7 nitrogen and oxygen atoms in total. The monoisotopic (exact) mass is 462 g/mol. The molecule has 0 N–H and O–H groups in total. The number of benzene rings is 2. The highest BCUT2D eigenvalue weighted by Crippen LogP contribution is 2.32. The van der Waals surface area contributed by atoms with E-state index in [4.69, 9.17) is 4.74 Å². The first kappa shape index (κ1) is 22.8. The van der Waals surface area contributed by atoms with Gasteiger partial charge < -0.3 is 19.4 Å². The number of piperazine rings is 1. The summed E-state index contributed by atoms with van der Waals surface area (Å²) in [5.74, 6) is 0.533. The van der Waals surface area contributed by atoms with Gasteiger partial charge in [0.1, 0.15) is 12.3 Å². The maximum atomic E-state index is 13.0. The van der Waals surface area contributed by atoms with Crippen molar-refractivity contribution in [3.63, 3.8) is 0 Å². The molecule has 2 saturated heterocycles. The summed E-state index contributed by atoms with van der Waals surface area (Å²) in [6, 6.07) is 12.1. The summed E-state index contributed by atoms with van der Waals surface area (Å²) < 4.78 is 44.1. The van der Waals surface area contributed by atoms with E-state index < -0.39 is 11.7 Å². The Balaban J connectivity index is 1.31. The van der Waals surface area contributed by atoms with Gasteiger partial charge in [-0.05, 0) is 42.5 Å². The Hall–Kier alpha value is -3.43. The van der Waals surface area contributed by atoms with Gasteiger partial charge in [-0.2, -0.15) is 13.2 Å². The molecule has 33 heavy (non-hydrogen) atoms. The molecule has 2 aliphatic heterocycles. The standard InChI is InChI=1S/C23H25F3N4O3/c1-33-20-7-5-18(6-8-20)30-14-13-29(22(30)32)16-21(31)28-11-9-27(10-12-28)19-4-2-3-17(15-19)23(24,25)26/h2-8,15H,9-14,16H2,1H3. The van der Waals surface area contributed by atoms with Crippen LogP contribution in [0, 0.1) is 0 Å². The molecular weight excluding hydrogens is 437 g/mol. The number of nitrogens with zero attached hydrogens (tertiary/aromatic N) is 4. The average Bonchev–Trinajstić information content (AvgIpc) is 3.18. The molecule has 0 aliphatic carbocycles. The maximum absolute atomic E-state index is 13.0. The largest absolute Gasteiger partial charge is 0.497 e. The van der Waals surface area contributed by atoms with Crippen LogP contribution in [-0.2, 0) is 11.0 Å². The fraction of sp³-hybridized carbons (Fsp3) is 0.391. The quantitative estimate of drug-likeness (QED) is 0.684. The van der Waals surface area contributed by atoms with E-state index in [-0.39, 0.29) is 18.5 Å². The number of carbonyl (C=O) groups is 2. The lowest BCUT2D eigenvalue weighted by molar-refractivity contribution is -0.137. The second-order valence-corrected chi connectivity index (χ2v) is 7.97. The van der Waals surface area contributed by atoms with Crippen molar-refractivity contribution in [1.29, 1.82) is 0 Å². The average molecular weight is 462 g/mol. The van der Waals surface area contributed by atoms with Gasteiger partial charge in [-0.25, -0.2) is 4.79 Å². The van der Waals surface area contributed by atoms with Crippen LogP contribution in [-0.4, -0.2) is 74.7 Å². The van der Waals surface area contributed by atoms with Crippen molar-refractivity contribution >= 4 is 23.3 Å². The van der Waals surface area contributed by atoms with Gasteiger partial charge in [0.15, 0.2) is 0 Å². The number of rotatable bonds is 5. The molecule has 176 valence electrons. The van der Waals surface area contributed by atoms with E-state index in [1.807, 2.05) is 4.90 Å². The van der Waals surface area contributed by atoms with Crippen molar-refractivity contribution in [3.05, 3.63) is 54.1 Å². The second kappa shape index (κ2) is 9.21. The maximum Gasteiger partial charge on any atom is 0.416 e. The van der Waals surface area contributed by atoms with Gasteiger partial charge in [-0.3, -0.25) is 9.69 Å². The molecule has 0 unspecified atom stereocenters. The van der Waals surface area contributed by atoms with Crippen LogP contribution in [0.3, 0.4) is 0 Å². The zero-order chi connectivity index (χ0) is 23.6. The first-order valence-electron chi connectivity index (χ1n) is 10.7. The molecular formula is C23H25F3N4O3. The van der Waals surface area contributed by atoms with Gasteiger partial charge >= 0.3 is 12.2 Å². The third-order valence-electron chi connectivity index (χ3n) is 5.98. The van der Waals surface area contributed by atoms with E-state index in [1.54, 1.807) is 47.2 Å². The molecule has 2 aromatic carbocycles. The van der Waals surface area contributed by atoms with Crippen molar-refractivity contribution in [1.82, 2.24) is 9.80 Å². The molecule has 2 aliphatic rings. The molecule has 2 heterocycles. The highest BCUT2D eigenvalue weighted by Gasteiger charge is 2.33. The predicted octanol–water partition coefficient (Wildman–Crippen LogP) is 3.30. The Kier molecular flexibility index (Phi) is 6.35. The molecule has 0 spiro atoms. The minimum atomic E-state index is -4.39. The van der Waals surface area contributed by atoms with Crippen LogP contribution in [0.2, 0.25) is 0 Å². The van der Waals surface area contributed by atoms with E-state index in [2.05, 4.69) is 0 Å². The summed E-state index contributed by atoms with van der Waals surface area (Å²) in [5, 5.41) is 0. The first-order chi connectivity index (χ1) is 15.8. The molecule has 3 amide bonds. The Bertz CT molecular complexity index is 1000. The number of amides is 3. The summed E-state index contributed by atoms with van der Waals surface area (Å²) in [7, 11) is 1.57. The smallest absolute Gasteiger partial charge is 0.416 e. The van der Waals surface area contributed by atoms with Gasteiger partial charge in [-0.1, -0.05) is 6.07 Å². The molecule has 0 radical (unpaired) electrons. The van der Waals surface area contributed by atoms with Gasteiger partial charge in [0.05, 0.1) is 12.7 Å². The summed E-state index contributed by atoms with van der Waals surface area (Å²) >= 11 is 0. The Morgan fingerprint density at radius 3 is 2.27 bits per heavy atom. The SMILES string of the molecule is COc1ccc(N2CCN(CC(=O)N3CCN(c4cccc(C(F)(F)F)c4)CC3)C2=O)cc1. The lowest BCUT2D eigenvalue weighted by Gasteiger charge is -2.37. The van der Waals surface area contributed by atoms with E-state index in [1.165, 1.54) is 11.0 Å². The number of carbonyl (C=O) groups excluding carboxylic acids is 2. The number of hydrogen-bond donors (Lipinski definition) is 0. The number of urea groups is 1. The molecule has 0 aromatic heterocycles. The van der Waals surface area contributed by atoms with Crippen molar-refractivity contribution in [3.8, 4) is 5.75 Å². The van der Waals surface area contributed by atoms with E-state index in [0.717, 1.165) is 17.8 Å². The lowest BCUT2D eigenvalue weighted by atomic mass is 10.1. The molecule has 10 heteroatoms. The molecule has 2 fully saturated rings. The highest BCUT2D eigenvalue weighted by molar-refractivity contribution is 5.96. The third kappa shape index (κ3) is 4.99. The van der Waals surface area contributed by atoms with Gasteiger partial charge in [-0.15, -0.1) is 0 Å². The predicted molar refractivity (Wildman–Crippen MR) is 118 cm³/mol. The Morgan fingerprint density at radius 1 is 0.939 bits per heavy atom. The molecule has 0 saturated carbocycles. The number of hydrogen-bond acceptors (Lipinski definition) is 4. The fourth-order valence-electron chi connectivity index (χ4n) is 4.09. The van der Waals surface area contributed by atoms with Crippen LogP contribution in [0.1, 0.15) is 5.56 Å². The van der Waals surface area contributed by atoms with E-state index >= 15 is 0 Å². The topological polar surface area (TPSA) is 56.3 Å². The van der Waals surface area contributed by atoms with Crippen LogP contribution in [0.25, 0.3) is 0 Å². The zero-order valence-corrected chi connectivity index (χ0v) is 18.2. The number of halogens is 3. The van der Waals surface area contributed by atoms with Crippen molar-refractivity contribution in [2.45, 2.75) is 6.18 Å². The van der Waals surface area contributed by atoms with Crippen LogP contribution in [0.4, 0.5) is 29.3 Å². The fourth-order valence-corrected chi connectivity index (χ4v) is 4.09. The summed E-state index contributed by atoms with van der Waals surface area (Å²) in [6.45, 7) is 2.55. The van der Waals surface area contributed by atoms with Crippen LogP contribution >= 0.6 is 0 Å². The van der Waals surface area contributed by atoms with Crippen molar-refractivity contribution in [2.24, 2.45) is 0 Å². The Labute approximate surface area is 189 Å². The summed E-state index contributed by atoms with van der Waals surface area (Å²) in [6.07, 6.45) is -4.39. The zero-order valence-electron chi connectivity index (χ0n) is 18.2. The molecule has 2 aromatic rings. The second-order valence-electron chi connectivity index (χ2n) is 7.97. The van der Waals surface area contributed by atoms with E-state index in [0.29, 0.717) is 50.7 Å². The minimum absolute atomic E-state index is 0.0188. The van der Waals surface area contributed by atoms with Crippen molar-refractivity contribution in [2.75, 3.05) is 62.7 Å². The highest BCUT2D eigenvalue weighted by atomic mass is 19.4. The molecule has 4 rings (SSSR count). The normalized spacial score (nSPS) is 17.0. The Morgan fingerprint density at radius 2 is 1.64 bits per heavy atom. The van der Waals surface area contributed by atoms with Gasteiger partial charge in [0, 0.05) is 50.6 Å². The number of methoxy groups -OCH3 is 1. The third-order valence-corrected chi connectivity index (χ3v) is 5.98.